The van der Waals surface area contributed by atoms with E-state index in [1.165, 1.54) is 0 Å². The summed E-state index contributed by atoms with van der Waals surface area (Å²) in [6, 6.07) is 0.0464. The lowest BCUT2D eigenvalue weighted by molar-refractivity contribution is -0.0826. The van der Waals surface area contributed by atoms with Crippen LogP contribution in [0.4, 0.5) is 0 Å². The van der Waals surface area contributed by atoms with Crippen molar-refractivity contribution in [2.75, 3.05) is 27.2 Å². The van der Waals surface area contributed by atoms with E-state index in [1.807, 2.05) is 19.0 Å². The maximum atomic E-state index is 10.4. The first kappa shape index (κ1) is 13.9. The predicted molar refractivity (Wildman–Crippen MR) is 65.4 cm³/mol. The highest BCUT2D eigenvalue weighted by atomic mass is 16.3. The van der Waals surface area contributed by atoms with Gasteiger partial charge in [0.15, 0.2) is 0 Å². The van der Waals surface area contributed by atoms with E-state index in [1.54, 1.807) is 0 Å². The molecule has 4 unspecified atom stereocenters. The monoisotopic (exact) mass is 230 g/mol. The van der Waals surface area contributed by atoms with E-state index in [9.17, 15) is 10.2 Å². The Hall–Kier alpha value is -0.160. The van der Waals surface area contributed by atoms with Crippen molar-refractivity contribution in [2.24, 2.45) is 0 Å². The zero-order chi connectivity index (χ0) is 12.3. The van der Waals surface area contributed by atoms with Crippen LogP contribution in [0.2, 0.25) is 0 Å². The van der Waals surface area contributed by atoms with Gasteiger partial charge in [0.05, 0.1) is 18.2 Å². The van der Waals surface area contributed by atoms with Crippen LogP contribution in [0, 0.1) is 0 Å². The van der Waals surface area contributed by atoms with Crippen molar-refractivity contribution in [1.82, 2.24) is 9.80 Å². The Morgan fingerprint density at radius 3 is 2.06 bits per heavy atom. The molecule has 1 saturated carbocycles. The Morgan fingerprint density at radius 1 is 1.06 bits per heavy atom. The van der Waals surface area contributed by atoms with Gasteiger partial charge in [-0.05, 0) is 40.0 Å². The second kappa shape index (κ2) is 5.96. The highest BCUT2D eigenvalue weighted by Crippen LogP contribution is 2.26. The second-order valence-electron chi connectivity index (χ2n) is 4.88. The quantitative estimate of drug-likeness (QED) is 0.721. The fourth-order valence-electron chi connectivity index (χ4n) is 2.88. The molecule has 1 rings (SSSR count). The summed E-state index contributed by atoms with van der Waals surface area (Å²) in [5.41, 5.74) is 0. The van der Waals surface area contributed by atoms with E-state index in [2.05, 4.69) is 18.7 Å². The number of nitrogens with zero attached hydrogens (tertiary/aromatic N) is 2. The van der Waals surface area contributed by atoms with Gasteiger partial charge in [0.2, 0.25) is 0 Å². The van der Waals surface area contributed by atoms with Gasteiger partial charge in [0.25, 0.3) is 0 Å². The molecule has 0 spiro atoms. The molecule has 1 aliphatic carbocycles. The summed E-state index contributed by atoms with van der Waals surface area (Å²) in [5, 5.41) is 20.3. The van der Waals surface area contributed by atoms with Crippen LogP contribution in [0.5, 0.6) is 0 Å². The summed E-state index contributed by atoms with van der Waals surface area (Å²) in [5.74, 6) is 0. The zero-order valence-electron chi connectivity index (χ0n) is 10.9. The Bertz CT molecular complexity index is 207. The molecule has 4 nitrogen and oxygen atoms in total. The molecule has 0 amide bonds. The predicted octanol–water partition coefficient (Wildman–Crippen LogP) is 0.143. The Balaban J connectivity index is 2.75. The van der Waals surface area contributed by atoms with E-state index in [0.29, 0.717) is 0 Å². The van der Waals surface area contributed by atoms with Gasteiger partial charge in [-0.1, -0.05) is 13.8 Å². The van der Waals surface area contributed by atoms with Crippen LogP contribution in [0.1, 0.15) is 26.7 Å². The fraction of sp³-hybridized carbons (Fsp3) is 1.00. The minimum Gasteiger partial charge on any atom is -0.391 e. The molecule has 0 saturated heterocycles. The van der Waals surface area contributed by atoms with Crippen LogP contribution in [0.3, 0.4) is 0 Å². The summed E-state index contributed by atoms with van der Waals surface area (Å²) in [6.45, 7) is 6.14. The molecule has 1 aliphatic rings. The maximum absolute atomic E-state index is 10.4. The molecule has 0 aromatic heterocycles. The molecule has 0 aromatic rings. The Labute approximate surface area is 98.9 Å². The smallest absolute Gasteiger partial charge is 0.0875 e. The summed E-state index contributed by atoms with van der Waals surface area (Å²) < 4.78 is 0. The summed E-state index contributed by atoms with van der Waals surface area (Å²) >= 11 is 0. The summed E-state index contributed by atoms with van der Waals surface area (Å²) in [7, 11) is 3.84. The van der Waals surface area contributed by atoms with Crippen LogP contribution in [-0.4, -0.2) is 71.5 Å². The van der Waals surface area contributed by atoms with Crippen LogP contribution < -0.4 is 0 Å². The van der Waals surface area contributed by atoms with Crippen molar-refractivity contribution in [3.8, 4) is 0 Å². The van der Waals surface area contributed by atoms with Gasteiger partial charge in [-0.2, -0.15) is 0 Å². The molecule has 2 N–H and O–H groups in total. The molecular weight excluding hydrogens is 204 g/mol. The van der Waals surface area contributed by atoms with Crippen molar-refractivity contribution in [3.63, 3.8) is 0 Å². The van der Waals surface area contributed by atoms with Crippen molar-refractivity contribution in [3.05, 3.63) is 0 Å². The standard InChI is InChI=1S/C12H26N2O2/c1-5-14(6-2)9-7-8-10(15)11(12(9)16)13(3)4/h9-12,15-16H,5-8H2,1-4H3. The van der Waals surface area contributed by atoms with E-state index in [-0.39, 0.29) is 12.1 Å². The van der Waals surface area contributed by atoms with E-state index >= 15 is 0 Å². The Morgan fingerprint density at radius 2 is 1.62 bits per heavy atom. The molecule has 0 heterocycles. The van der Waals surface area contributed by atoms with Crippen LogP contribution in [0.25, 0.3) is 0 Å². The van der Waals surface area contributed by atoms with Gasteiger partial charge in [0.1, 0.15) is 0 Å². The van der Waals surface area contributed by atoms with Gasteiger partial charge in [-0.25, -0.2) is 0 Å². The van der Waals surface area contributed by atoms with E-state index in [0.717, 1.165) is 25.9 Å². The molecule has 96 valence electrons. The van der Waals surface area contributed by atoms with Crippen LogP contribution in [-0.2, 0) is 0 Å². The topological polar surface area (TPSA) is 46.9 Å². The minimum absolute atomic E-state index is 0.139. The van der Waals surface area contributed by atoms with Gasteiger partial charge in [0, 0.05) is 6.04 Å². The molecule has 4 atom stereocenters. The largest absolute Gasteiger partial charge is 0.391 e. The van der Waals surface area contributed by atoms with Crippen molar-refractivity contribution in [2.45, 2.75) is 51.0 Å². The minimum atomic E-state index is -0.460. The van der Waals surface area contributed by atoms with Crippen molar-refractivity contribution >= 4 is 0 Å². The lowest BCUT2D eigenvalue weighted by atomic mass is 9.84. The Kier molecular flexibility index (Phi) is 5.18. The molecule has 16 heavy (non-hydrogen) atoms. The van der Waals surface area contributed by atoms with Crippen LogP contribution in [0.15, 0.2) is 0 Å². The van der Waals surface area contributed by atoms with Crippen molar-refractivity contribution < 1.29 is 10.2 Å². The van der Waals surface area contributed by atoms with E-state index < -0.39 is 12.2 Å². The maximum Gasteiger partial charge on any atom is 0.0875 e. The van der Waals surface area contributed by atoms with Gasteiger partial charge >= 0.3 is 0 Å². The molecule has 1 fully saturated rings. The second-order valence-corrected chi connectivity index (χ2v) is 4.88. The molecule has 4 heteroatoms. The highest BCUT2D eigenvalue weighted by molar-refractivity contribution is 4.96. The molecular formula is C12H26N2O2. The van der Waals surface area contributed by atoms with E-state index in [4.69, 9.17) is 0 Å². The third kappa shape index (κ3) is 2.74. The number of likely N-dealkylation sites (N-methyl/N-ethyl adjacent to an activating group) is 2. The number of hydrogen-bond donors (Lipinski definition) is 2. The first-order chi connectivity index (χ1) is 7.52. The molecule has 0 radical (unpaired) electrons. The number of aliphatic hydroxyl groups is 2. The van der Waals surface area contributed by atoms with Gasteiger partial charge in [-0.3, -0.25) is 4.90 Å². The normalized spacial score (nSPS) is 36.0. The molecule has 0 aromatic carbocycles. The number of hydrogen-bond acceptors (Lipinski definition) is 4. The van der Waals surface area contributed by atoms with Gasteiger partial charge < -0.3 is 15.1 Å². The third-order valence-electron chi connectivity index (χ3n) is 3.77. The SMILES string of the molecule is CCN(CC)C1CCC(O)C(N(C)C)C1O. The fourth-order valence-corrected chi connectivity index (χ4v) is 2.88. The van der Waals surface area contributed by atoms with Crippen LogP contribution >= 0.6 is 0 Å². The zero-order valence-corrected chi connectivity index (χ0v) is 10.9. The molecule has 0 aliphatic heterocycles. The first-order valence-corrected chi connectivity index (χ1v) is 6.29. The number of rotatable bonds is 4. The molecule has 0 bridgehead atoms. The summed E-state index contributed by atoms with van der Waals surface area (Å²) in [6.07, 6.45) is 0.797. The van der Waals surface area contributed by atoms with Crippen molar-refractivity contribution in [1.29, 1.82) is 0 Å². The lowest BCUT2D eigenvalue weighted by Gasteiger charge is -2.45. The number of aliphatic hydroxyl groups excluding tert-OH is 2. The van der Waals surface area contributed by atoms with Gasteiger partial charge in [-0.15, -0.1) is 0 Å². The first-order valence-electron chi connectivity index (χ1n) is 6.29. The third-order valence-corrected chi connectivity index (χ3v) is 3.77. The average molecular weight is 230 g/mol. The lowest BCUT2D eigenvalue weighted by Crippen LogP contribution is -2.60. The highest BCUT2D eigenvalue weighted by Gasteiger charge is 2.40. The summed E-state index contributed by atoms with van der Waals surface area (Å²) in [4.78, 5) is 4.22. The average Bonchev–Trinajstić information content (AvgIpc) is 2.22.